The van der Waals surface area contributed by atoms with E-state index in [0.717, 1.165) is 17.3 Å². The summed E-state index contributed by atoms with van der Waals surface area (Å²) in [7, 11) is 0. The molecule has 1 aromatic rings. The lowest BCUT2D eigenvalue weighted by Gasteiger charge is -1.88. The molecule has 0 bridgehead atoms. The van der Waals surface area contributed by atoms with Crippen molar-refractivity contribution >= 4 is 11.5 Å². The average Bonchev–Trinajstić information content (AvgIpc) is 2.51. The summed E-state index contributed by atoms with van der Waals surface area (Å²) in [6.45, 7) is 8.17. The fourth-order valence-electron chi connectivity index (χ4n) is 0.778. The van der Waals surface area contributed by atoms with Crippen molar-refractivity contribution in [1.29, 1.82) is 0 Å². The predicted molar refractivity (Wildman–Crippen MR) is 54.6 cm³/mol. The largest absolute Gasteiger partial charge is 0.225 e. The van der Waals surface area contributed by atoms with Gasteiger partial charge >= 0.3 is 0 Å². The lowest BCUT2D eigenvalue weighted by molar-refractivity contribution is 0.763. The lowest BCUT2D eigenvalue weighted by Crippen LogP contribution is -1.86. The molecule has 1 heterocycles. The van der Waals surface area contributed by atoms with Crippen LogP contribution in [0.15, 0.2) is 0 Å². The van der Waals surface area contributed by atoms with E-state index < -0.39 is 0 Å². The number of aryl methyl sites for hydroxylation is 2. The first kappa shape index (κ1) is 11.6. The van der Waals surface area contributed by atoms with Crippen LogP contribution >= 0.6 is 11.5 Å². The van der Waals surface area contributed by atoms with Crippen LogP contribution < -0.4 is 0 Å². The summed E-state index contributed by atoms with van der Waals surface area (Å²) in [6.07, 6.45) is 3.47. The minimum Gasteiger partial charge on any atom is -0.225 e. The van der Waals surface area contributed by atoms with E-state index >= 15 is 0 Å². The zero-order chi connectivity index (χ0) is 9.40. The van der Waals surface area contributed by atoms with Crippen LogP contribution in [0.2, 0.25) is 0 Å². The monoisotopic (exact) mass is 186 g/mol. The van der Waals surface area contributed by atoms with Gasteiger partial charge < -0.3 is 0 Å². The second-order valence-electron chi connectivity index (χ2n) is 2.33. The molecule has 2 nitrogen and oxygen atoms in total. The Kier molecular flexibility index (Phi) is 6.96. The van der Waals surface area contributed by atoms with E-state index in [4.69, 9.17) is 0 Å². The highest BCUT2D eigenvalue weighted by molar-refractivity contribution is 7.05. The van der Waals surface area contributed by atoms with Crippen LogP contribution in [-0.4, -0.2) is 9.36 Å². The third-order valence-electron chi connectivity index (χ3n) is 1.32. The van der Waals surface area contributed by atoms with Crippen LogP contribution in [0.25, 0.3) is 0 Å². The Morgan fingerprint density at radius 1 is 1.33 bits per heavy atom. The average molecular weight is 186 g/mol. The Labute approximate surface area is 79.2 Å². The van der Waals surface area contributed by atoms with Crippen molar-refractivity contribution in [2.45, 2.75) is 47.0 Å². The molecule has 0 aliphatic rings. The van der Waals surface area contributed by atoms with Crippen LogP contribution in [0.5, 0.6) is 0 Å². The molecular weight excluding hydrogens is 168 g/mol. The standard InChI is InChI=1S/C7H12N2S.C2H6/c1-3-4-5-7-8-6(2)10-9-7;1-2/h3-5H2,1-2H3;1-2H3. The maximum atomic E-state index is 4.26. The van der Waals surface area contributed by atoms with E-state index in [1.54, 1.807) is 0 Å². The fraction of sp³-hybridized carbons (Fsp3) is 0.778. The van der Waals surface area contributed by atoms with E-state index in [1.165, 1.54) is 24.4 Å². The quantitative estimate of drug-likeness (QED) is 0.724. The molecule has 0 fully saturated rings. The highest BCUT2D eigenvalue weighted by Crippen LogP contribution is 2.04. The number of unbranched alkanes of at least 4 members (excludes halogenated alkanes) is 1. The number of hydrogen-bond donors (Lipinski definition) is 0. The lowest BCUT2D eigenvalue weighted by atomic mass is 10.2. The molecule has 0 saturated carbocycles. The molecule has 3 heteroatoms. The smallest absolute Gasteiger partial charge is 0.142 e. The molecule has 12 heavy (non-hydrogen) atoms. The molecule has 0 saturated heterocycles. The van der Waals surface area contributed by atoms with Crippen molar-refractivity contribution in [3.63, 3.8) is 0 Å². The fourth-order valence-corrected chi connectivity index (χ4v) is 1.29. The van der Waals surface area contributed by atoms with Crippen LogP contribution in [0.4, 0.5) is 0 Å². The van der Waals surface area contributed by atoms with Crippen molar-refractivity contribution in [2.24, 2.45) is 0 Å². The molecule has 0 aliphatic heterocycles. The zero-order valence-corrected chi connectivity index (χ0v) is 9.24. The topological polar surface area (TPSA) is 25.8 Å². The molecule has 0 spiro atoms. The van der Waals surface area contributed by atoms with Gasteiger partial charge in [-0.25, -0.2) is 4.98 Å². The zero-order valence-electron chi connectivity index (χ0n) is 8.42. The summed E-state index contributed by atoms with van der Waals surface area (Å²) < 4.78 is 4.18. The summed E-state index contributed by atoms with van der Waals surface area (Å²) in [5.74, 6) is 1.02. The molecule has 0 radical (unpaired) electrons. The number of rotatable bonds is 3. The van der Waals surface area contributed by atoms with E-state index in [0.29, 0.717) is 0 Å². The first-order valence-electron chi connectivity index (χ1n) is 4.62. The molecule has 0 atom stereocenters. The Morgan fingerprint density at radius 3 is 2.42 bits per heavy atom. The van der Waals surface area contributed by atoms with Crippen LogP contribution in [0, 0.1) is 6.92 Å². The number of hydrogen-bond acceptors (Lipinski definition) is 3. The van der Waals surface area contributed by atoms with Gasteiger partial charge in [0.2, 0.25) is 0 Å². The van der Waals surface area contributed by atoms with Gasteiger partial charge in [0.05, 0.1) is 0 Å². The first-order valence-corrected chi connectivity index (χ1v) is 5.39. The van der Waals surface area contributed by atoms with Gasteiger partial charge in [0, 0.05) is 6.42 Å². The minimum atomic E-state index is 1.02. The first-order chi connectivity index (χ1) is 5.83. The van der Waals surface area contributed by atoms with Gasteiger partial charge in [0.1, 0.15) is 10.8 Å². The third-order valence-corrected chi connectivity index (χ3v) is 1.98. The molecule has 1 rings (SSSR count). The summed E-state index contributed by atoms with van der Waals surface area (Å²) in [4.78, 5) is 4.26. The molecule has 0 aliphatic carbocycles. The van der Waals surface area contributed by atoms with E-state index in [1.807, 2.05) is 20.8 Å². The van der Waals surface area contributed by atoms with Gasteiger partial charge in [-0.05, 0) is 24.9 Å². The SMILES string of the molecule is CC.CCCCc1nsc(C)n1. The summed E-state index contributed by atoms with van der Waals surface area (Å²) in [5.41, 5.74) is 0. The van der Waals surface area contributed by atoms with E-state index in [2.05, 4.69) is 16.3 Å². The second kappa shape index (κ2) is 7.22. The summed E-state index contributed by atoms with van der Waals surface area (Å²) >= 11 is 1.49. The van der Waals surface area contributed by atoms with Gasteiger partial charge in [-0.3, -0.25) is 0 Å². The van der Waals surface area contributed by atoms with Crippen molar-refractivity contribution in [3.05, 3.63) is 10.8 Å². The maximum absolute atomic E-state index is 4.26. The van der Waals surface area contributed by atoms with Crippen molar-refractivity contribution in [1.82, 2.24) is 9.36 Å². The Bertz CT molecular complexity index is 196. The molecule has 0 N–H and O–H groups in total. The van der Waals surface area contributed by atoms with Gasteiger partial charge in [0.15, 0.2) is 0 Å². The van der Waals surface area contributed by atoms with Gasteiger partial charge in [-0.2, -0.15) is 4.37 Å². The second-order valence-corrected chi connectivity index (χ2v) is 3.29. The number of aromatic nitrogens is 2. The Morgan fingerprint density at radius 2 is 2.00 bits per heavy atom. The highest BCUT2D eigenvalue weighted by atomic mass is 32.1. The normalized spacial score (nSPS) is 9.00. The van der Waals surface area contributed by atoms with E-state index in [9.17, 15) is 0 Å². The molecule has 0 amide bonds. The van der Waals surface area contributed by atoms with Crippen LogP contribution in [-0.2, 0) is 6.42 Å². The Hall–Kier alpha value is -0.440. The molecule has 0 aromatic carbocycles. The van der Waals surface area contributed by atoms with Gasteiger partial charge in [-0.1, -0.05) is 27.2 Å². The van der Waals surface area contributed by atoms with Crippen molar-refractivity contribution in [3.8, 4) is 0 Å². The van der Waals surface area contributed by atoms with Gasteiger partial charge in [-0.15, -0.1) is 0 Å². The molecule has 70 valence electrons. The summed E-state index contributed by atoms with van der Waals surface area (Å²) in [5, 5.41) is 1.08. The molecular formula is C9H18N2S. The van der Waals surface area contributed by atoms with Crippen molar-refractivity contribution < 1.29 is 0 Å². The summed E-state index contributed by atoms with van der Waals surface area (Å²) in [6, 6.07) is 0. The minimum absolute atomic E-state index is 1.02. The maximum Gasteiger partial charge on any atom is 0.142 e. The molecule has 0 unspecified atom stereocenters. The third kappa shape index (κ3) is 4.44. The predicted octanol–water partition coefficient (Wildman–Crippen LogP) is 3.22. The van der Waals surface area contributed by atoms with E-state index in [-0.39, 0.29) is 0 Å². The highest BCUT2D eigenvalue weighted by Gasteiger charge is 1.97. The van der Waals surface area contributed by atoms with Crippen molar-refractivity contribution in [2.75, 3.05) is 0 Å². The molecule has 1 aromatic heterocycles. The van der Waals surface area contributed by atoms with Crippen LogP contribution in [0.3, 0.4) is 0 Å². The number of nitrogens with zero attached hydrogens (tertiary/aromatic N) is 2. The Balaban J connectivity index is 0.000000561. The van der Waals surface area contributed by atoms with Gasteiger partial charge in [0.25, 0.3) is 0 Å². The van der Waals surface area contributed by atoms with Crippen LogP contribution in [0.1, 0.15) is 44.4 Å².